The molecule has 1 saturated heterocycles. The van der Waals surface area contributed by atoms with E-state index in [-0.39, 0.29) is 0 Å². The molecule has 0 aliphatic carbocycles. The van der Waals surface area contributed by atoms with Gasteiger partial charge in [-0.1, -0.05) is 6.08 Å². The van der Waals surface area contributed by atoms with E-state index in [1.165, 1.54) is 0 Å². The van der Waals surface area contributed by atoms with E-state index in [9.17, 15) is 0 Å². The van der Waals surface area contributed by atoms with Crippen molar-refractivity contribution < 1.29 is 0 Å². The molecule has 0 amide bonds. The first-order valence-corrected chi connectivity index (χ1v) is 3.03. The largest absolute Gasteiger partial charge is 0.390 e. The molecule has 0 atom stereocenters. The predicted octanol–water partition coefficient (Wildman–Crippen LogP) is -0.307. The third kappa shape index (κ3) is 0.409. The molecular formula is C6H10N2. The Morgan fingerprint density at radius 2 is 2.12 bits per heavy atom. The van der Waals surface area contributed by atoms with Crippen LogP contribution in [-0.4, -0.2) is 19.6 Å². The Morgan fingerprint density at radius 3 is 2.38 bits per heavy atom. The fourth-order valence-corrected chi connectivity index (χ4v) is 1.25. The Balaban J connectivity index is 2.13. The van der Waals surface area contributed by atoms with E-state index in [0.717, 1.165) is 19.6 Å². The van der Waals surface area contributed by atoms with Crippen LogP contribution >= 0.6 is 0 Å². The third-order valence-electron chi connectivity index (χ3n) is 1.96. The van der Waals surface area contributed by atoms with Gasteiger partial charge in [0, 0.05) is 25.0 Å². The molecular weight excluding hydrogens is 100 g/mol. The van der Waals surface area contributed by atoms with Gasteiger partial charge >= 0.3 is 0 Å². The third-order valence-corrected chi connectivity index (χ3v) is 1.96. The Kier molecular flexibility index (Phi) is 0.690. The molecule has 8 heavy (non-hydrogen) atoms. The molecule has 0 aromatic heterocycles. The Labute approximate surface area is 49.0 Å². The van der Waals surface area contributed by atoms with E-state index < -0.39 is 0 Å². The molecule has 2 rings (SSSR count). The molecule has 0 aromatic carbocycles. The van der Waals surface area contributed by atoms with E-state index in [0.29, 0.717) is 5.41 Å². The second-order valence-electron chi connectivity index (χ2n) is 2.68. The maximum Gasteiger partial charge on any atom is 0.0321 e. The molecule has 2 heterocycles. The van der Waals surface area contributed by atoms with Gasteiger partial charge in [0.15, 0.2) is 0 Å². The van der Waals surface area contributed by atoms with Crippen LogP contribution in [0.2, 0.25) is 0 Å². The summed E-state index contributed by atoms with van der Waals surface area (Å²) in [7, 11) is 0. The Bertz CT molecular complexity index is 124. The molecule has 0 saturated carbocycles. The summed E-state index contributed by atoms with van der Waals surface area (Å²) >= 11 is 0. The highest BCUT2D eigenvalue weighted by Gasteiger charge is 2.35. The normalized spacial score (nSPS) is 30.0. The fourth-order valence-electron chi connectivity index (χ4n) is 1.25. The molecule has 0 aromatic rings. The average molecular weight is 110 g/mol. The van der Waals surface area contributed by atoms with Crippen LogP contribution in [0.15, 0.2) is 12.3 Å². The van der Waals surface area contributed by atoms with Gasteiger partial charge in [-0.2, -0.15) is 0 Å². The van der Waals surface area contributed by atoms with Crippen molar-refractivity contribution in [1.29, 1.82) is 0 Å². The lowest BCUT2D eigenvalue weighted by atomic mass is 9.84. The van der Waals surface area contributed by atoms with Gasteiger partial charge in [0.05, 0.1) is 0 Å². The molecule has 0 bridgehead atoms. The maximum absolute atomic E-state index is 3.25. The first kappa shape index (κ1) is 4.39. The fraction of sp³-hybridized carbons (Fsp3) is 0.667. The number of hydrogen-bond donors (Lipinski definition) is 2. The van der Waals surface area contributed by atoms with Crippen LogP contribution < -0.4 is 10.6 Å². The minimum absolute atomic E-state index is 0.514. The van der Waals surface area contributed by atoms with Crippen LogP contribution in [0.3, 0.4) is 0 Å². The second-order valence-corrected chi connectivity index (χ2v) is 2.68. The summed E-state index contributed by atoms with van der Waals surface area (Å²) in [6, 6.07) is 0. The maximum atomic E-state index is 3.25. The molecule has 1 spiro atoms. The lowest BCUT2D eigenvalue weighted by Crippen LogP contribution is -2.54. The van der Waals surface area contributed by atoms with Gasteiger partial charge in [-0.15, -0.1) is 0 Å². The van der Waals surface area contributed by atoms with Gasteiger partial charge in [0.1, 0.15) is 0 Å². The minimum Gasteiger partial charge on any atom is -0.390 e. The van der Waals surface area contributed by atoms with Crippen LogP contribution in [0.5, 0.6) is 0 Å². The quantitative estimate of drug-likeness (QED) is 0.447. The van der Waals surface area contributed by atoms with Crippen molar-refractivity contribution in [2.24, 2.45) is 5.41 Å². The van der Waals surface area contributed by atoms with Crippen LogP contribution in [-0.2, 0) is 0 Å². The number of nitrogens with one attached hydrogen (secondary N) is 2. The second kappa shape index (κ2) is 1.26. The van der Waals surface area contributed by atoms with Crippen LogP contribution in [0.4, 0.5) is 0 Å². The van der Waals surface area contributed by atoms with E-state index in [1.54, 1.807) is 0 Å². The SMILES string of the molecule is C1=CC2(CN1)CNC2. The first-order chi connectivity index (χ1) is 3.91. The van der Waals surface area contributed by atoms with Crippen molar-refractivity contribution in [1.82, 2.24) is 10.6 Å². The summed E-state index contributed by atoms with van der Waals surface area (Å²) in [5.41, 5.74) is 0.514. The summed E-state index contributed by atoms with van der Waals surface area (Å²) in [6.45, 7) is 3.47. The zero-order valence-electron chi connectivity index (χ0n) is 4.78. The molecule has 1 fully saturated rings. The Morgan fingerprint density at radius 1 is 1.25 bits per heavy atom. The van der Waals surface area contributed by atoms with Crippen molar-refractivity contribution in [2.45, 2.75) is 0 Å². The predicted molar refractivity (Wildman–Crippen MR) is 32.4 cm³/mol. The summed E-state index contributed by atoms with van der Waals surface area (Å²) in [5.74, 6) is 0. The van der Waals surface area contributed by atoms with E-state index in [4.69, 9.17) is 0 Å². The zero-order valence-corrected chi connectivity index (χ0v) is 4.78. The monoisotopic (exact) mass is 110 g/mol. The van der Waals surface area contributed by atoms with E-state index >= 15 is 0 Å². The van der Waals surface area contributed by atoms with Crippen molar-refractivity contribution in [3.63, 3.8) is 0 Å². The van der Waals surface area contributed by atoms with Crippen molar-refractivity contribution >= 4 is 0 Å². The highest BCUT2D eigenvalue weighted by atomic mass is 15.0. The molecule has 2 N–H and O–H groups in total. The summed E-state index contributed by atoms with van der Waals surface area (Å²) in [4.78, 5) is 0. The van der Waals surface area contributed by atoms with Crippen LogP contribution in [0, 0.1) is 5.41 Å². The molecule has 2 heteroatoms. The van der Waals surface area contributed by atoms with Gasteiger partial charge in [-0.3, -0.25) is 0 Å². The number of rotatable bonds is 0. The lowest BCUT2D eigenvalue weighted by Gasteiger charge is -2.36. The van der Waals surface area contributed by atoms with Gasteiger partial charge in [0.2, 0.25) is 0 Å². The molecule has 2 aliphatic rings. The van der Waals surface area contributed by atoms with Gasteiger partial charge < -0.3 is 10.6 Å². The molecule has 2 aliphatic heterocycles. The van der Waals surface area contributed by atoms with E-state index in [2.05, 4.69) is 22.9 Å². The summed E-state index contributed by atoms with van der Waals surface area (Å²) < 4.78 is 0. The van der Waals surface area contributed by atoms with E-state index in [1.807, 2.05) is 0 Å². The smallest absolute Gasteiger partial charge is 0.0321 e. The first-order valence-electron chi connectivity index (χ1n) is 3.03. The minimum atomic E-state index is 0.514. The topological polar surface area (TPSA) is 24.1 Å². The molecule has 0 radical (unpaired) electrons. The van der Waals surface area contributed by atoms with Crippen molar-refractivity contribution in [3.8, 4) is 0 Å². The summed E-state index contributed by atoms with van der Waals surface area (Å²) in [5, 5.41) is 6.45. The van der Waals surface area contributed by atoms with Crippen molar-refractivity contribution in [3.05, 3.63) is 12.3 Å². The van der Waals surface area contributed by atoms with Crippen molar-refractivity contribution in [2.75, 3.05) is 19.6 Å². The van der Waals surface area contributed by atoms with Crippen LogP contribution in [0.1, 0.15) is 0 Å². The molecule has 0 unspecified atom stereocenters. The lowest BCUT2D eigenvalue weighted by molar-refractivity contribution is 0.253. The highest BCUT2D eigenvalue weighted by molar-refractivity contribution is 5.13. The van der Waals surface area contributed by atoms with Gasteiger partial charge in [-0.05, 0) is 6.20 Å². The van der Waals surface area contributed by atoms with Crippen LogP contribution in [0.25, 0.3) is 0 Å². The molecule has 44 valence electrons. The number of hydrogen-bond acceptors (Lipinski definition) is 2. The average Bonchev–Trinajstić information content (AvgIpc) is 2.07. The Hall–Kier alpha value is -0.500. The van der Waals surface area contributed by atoms with Gasteiger partial charge in [-0.25, -0.2) is 0 Å². The summed E-state index contributed by atoms with van der Waals surface area (Å²) in [6.07, 6.45) is 4.32. The molecule has 2 nitrogen and oxygen atoms in total. The standard InChI is InChI=1S/C6H10N2/c1-2-7-3-6(1)4-8-5-6/h1-2,7-8H,3-5H2. The van der Waals surface area contributed by atoms with Gasteiger partial charge in [0.25, 0.3) is 0 Å². The zero-order chi connectivity index (χ0) is 5.45. The highest BCUT2D eigenvalue weighted by Crippen LogP contribution is 2.25.